The highest BCUT2D eigenvalue weighted by Crippen LogP contribution is 2.30. The van der Waals surface area contributed by atoms with E-state index in [0.29, 0.717) is 18.1 Å². The summed E-state index contributed by atoms with van der Waals surface area (Å²) in [6.45, 7) is 1.43. The Morgan fingerprint density at radius 3 is 2.72 bits per heavy atom. The molecule has 0 radical (unpaired) electrons. The molecule has 0 aliphatic carbocycles. The average Bonchev–Trinajstić information content (AvgIpc) is 3.15. The molecule has 0 fully saturated rings. The number of amides is 1. The van der Waals surface area contributed by atoms with Crippen LogP contribution in [0, 0.1) is 12.7 Å². The Morgan fingerprint density at radius 1 is 1.22 bits per heavy atom. The molecule has 0 spiro atoms. The molecule has 170 valence electrons. The van der Waals surface area contributed by atoms with Gasteiger partial charge in [0.1, 0.15) is 18.0 Å². The minimum absolute atomic E-state index is 0.109. The Bertz CT molecular complexity index is 1130. The zero-order chi connectivity index (χ0) is 23.3. The predicted octanol–water partition coefficient (Wildman–Crippen LogP) is 3.14. The molecule has 0 unspecified atom stereocenters. The molecule has 1 N–H and O–H groups in total. The van der Waals surface area contributed by atoms with Crippen molar-refractivity contribution in [2.75, 3.05) is 19.8 Å². The maximum absolute atomic E-state index is 13.8. The van der Waals surface area contributed by atoms with Crippen molar-refractivity contribution in [1.29, 1.82) is 0 Å². The molecule has 1 aromatic carbocycles. The lowest BCUT2D eigenvalue weighted by Gasteiger charge is -2.09. The Hall–Kier alpha value is -3.34. The van der Waals surface area contributed by atoms with Crippen LogP contribution in [0.15, 0.2) is 36.8 Å². The van der Waals surface area contributed by atoms with Gasteiger partial charge in [0.25, 0.3) is 5.91 Å². The molecule has 3 rings (SSSR count). The van der Waals surface area contributed by atoms with E-state index in [1.165, 1.54) is 10.7 Å². The van der Waals surface area contributed by atoms with Gasteiger partial charge in [-0.25, -0.2) is 13.9 Å². The first-order chi connectivity index (χ1) is 15.1. The number of benzene rings is 1. The second kappa shape index (κ2) is 9.86. The molecule has 1 amide bonds. The Kier molecular flexibility index (Phi) is 7.18. The van der Waals surface area contributed by atoms with Crippen molar-refractivity contribution in [2.45, 2.75) is 25.9 Å². The molecule has 0 atom stereocenters. The number of alkyl halides is 3. The lowest BCUT2D eigenvalue weighted by atomic mass is 10.1. The summed E-state index contributed by atoms with van der Waals surface area (Å²) >= 11 is 0. The quantitative estimate of drug-likeness (QED) is 0.398. The van der Waals surface area contributed by atoms with Crippen LogP contribution in [0.4, 0.5) is 17.6 Å². The van der Waals surface area contributed by atoms with E-state index >= 15 is 0 Å². The number of hydrogen-bond donors (Lipinski definition) is 1. The van der Waals surface area contributed by atoms with Crippen molar-refractivity contribution in [1.82, 2.24) is 19.9 Å². The second-order valence-electron chi connectivity index (χ2n) is 7.14. The van der Waals surface area contributed by atoms with Crippen molar-refractivity contribution in [3.05, 3.63) is 64.9 Å². The van der Waals surface area contributed by atoms with E-state index < -0.39 is 23.5 Å². The van der Waals surface area contributed by atoms with E-state index in [9.17, 15) is 27.2 Å². The first-order valence-electron chi connectivity index (χ1n) is 9.68. The number of carbonyl (C=O) groups excluding carboxylic acids is 2. The van der Waals surface area contributed by atoms with E-state index in [-0.39, 0.29) is 43.1 Å². The molecule has 3 aromatic rings. The summed E-state index contributed by atoms with van der Waals surface area (Å²) in [5.41, 5.74) is 0.570. The lowest BCUT2D eigenvalue weighted by Crippen LogP contribution is -2.31. The van der Waals surface area contributed by atoms with Gasteiger partial charge in [-0.3, -0.25) is 9.59 Å². The first-order valence-corrected chi connectivity index (χ1v) is 9.68. The average molecular weight is 452 g/mol. The smallest absolute Gasteiger partial charge is 0.374 e. The fourth-order valence-electron chi connectivity index (χ4n) is 2.93. The Balaban J connectivity index is 1.38. The highest BCUT2D eigenvalue weighted by atomic mass is 19.4. The third kappa shape index (κ3) is 5.88. The van der Waals surface area contributed by atoms with Crippen LogP contribution in [-0.2, 0) is 22.1 Å². The van der Waals surface area contributed by atoms with Crippen molar-refractivity contribution in [3.8, 4) is 0 Å². The second-order valence-corrected chi connectivity index (χ2v) is 7.14. The van der Waals surface area contributed by atoms with Crippen LogP contribution in [0.2, 0.25) is 0 Å². The number of rotatable bonds is 9. The number of ketones is 1. The third-order valence-corrected chi connectivity index (χ3v) is 4.55. The summed E-state index contributed by atoms with van der Waals surface area (Å²) in [7, 11) is 0. The molecule has 0 aliphatic heterocycles. The molecular formula is C21H20F4N4O3. The molecule has 32 heavy (non-hydrogen) atoms. The van der Waals surface area contributed by atoms with Gasteiger partial charge in [0.2, 0.25) is 0 Å². The molecule has 0 bridgehead atoms. The number of nitrogens with zero attached hydrogens (tertiary/aromatic N) is 3. The predicted molar refractivity (Wildman–Crippen MR) is 106 cm³/mol. The molecule has 0 aliphatic rings. The number of halogens is 4. The van der Waals surface area contributed by atoms with Gasteiger partial charge in [-0.2, -0.15) is 18.3 Å². The van der Waals surface area contributed by atoms with Gasteiger partial charge >= 0.3 is 6.18 Å². The number of Topliss-reactive ketones (excluding diaryl/α,β-unsaturated/α-hetero) is 1. The fraction of sp³-hybridized carbons (Fsp3) is 0.333. The largest absolute Gasteiger partial charge is 0.416 e. The summed E-state index contributed by atoms with van der Waals surface area (Å²) in [6, 6.07) is 2.38. The van der Waals surface area contributed by atoms with E-state index in [0.717, 1.165) is 17.7 Å². The summed E-state index contributed by atoms with van der Waals surface area (Å²) in [5, 5.41) is 6.53. The molecule has 0 saturated carbocycles. The molecule has 7 nitrogen and oxygen atoms in total. The molecular weight excluding hydrogens is 432 g/mol. The van der Waals surface area contributed by atoms with Crippen molar-refractivity contribution >= 4 is 17.3 Å². The molecule has 11 heteroatoms. The number of ether oxygens (including phenoxy) is 1. The minimum Gasteiger partial charge on any atom is -0.374 e. The van der Waals surface area contributed by atoms with Gasteiger partial charge in [0.15, 0.2) is 11.4 Å². The van der Waals surface area contributed by atoms with Crippen LogP contribution in [0.1, 0.15) is 33.5 Å². The van der Waals surface area contributed by atoms with E-state index in [1.54, 1.807) is 12.4 Å². The van der Waals surface area contributed by atoms with E-state index in [4.69, 9.17) is 4.74 Å². The van der Waals surface area contributed by atoms with Crippen molar-refractivity contribution in [3.63, 3.8) is 0 Å². The standard InChI is InChI=1S/C21H20F4N4O3/c1-13-8-26-19-17(10-28-29(19)11-13)20(31)27-9-16(30)12-32-6-2-3-14-4-5-15(7-18(14)22)21(23,24)25/h4-5,7-8,10-11H,2-3,6,9,12H2,1H3,(H,27,31). The molecule has 2 aromatic heterocycles. The van der Waals surface area contributed by atoms with Crippen LogP contribution < -0.4 is 5.32 Å². The number of nitrogens with one attached hydrogen (secondary N) is 1. The Morgan fingerprint density at radius 2 is 2.00 bits per heavy atom. The number of aromatic nitrogens is 3. The van der Waals surface area contributed by atoms with Crippen LogP contribution in [-0.4, -0.2) is 46.0 Å². The molecule has 2 heterocycles. The van der Waals surface area contributed by atoms with E-state index in [1.807, 2.05) is 6.92 Å². The van der Waals surface area contributed by atoms with Crippen LogP contribution in [0.25, 0.3) is 5.65 Å². The monoisotopic (exact) mass is 452 g/mol. The number of hydrogen-bond acceptors (Lipinski definition) is 5. The summed E-state index contributed by atoms with van der Waals surface area (Å²) in [4.78, 5) is 28.3. The highest BCUT2D eigenvalue weighted by Gasteiger charge is 2.31. The van der Waals surface area contributed by atoms with Gasteiger partial charge in [-0.1, -0.05) is 6.07 Å². The van der Waals surface area contributed by atoms with Gasteiger partial charge < -0.3 is 10.1 Å². The maximum Gasteiger partial charge on any atom is 0.416 e. The number of aryl methyl sites for hydroxylation is 2. The summed E-state index contributed by atoms with van der Waals surface area (Å²) < 4.78 is 58.1. The normalized spacial score (nSPS) is 11.7. The van der Waals surface area contributed by atoms with Gasteiger partial charge in [0, 0.05) is 19.0 Å². The van der Waals surface area contributed by atoms with Crippen molar-refractivity contribution < 1.29 is 31.9 Å². The first kappa shape index (κ1) is 23.3. The summed E-state index contributed by atoms with van der Waals surface area (Å²) in [5.74, 6) is -1.81. The fourth-order valence-corrected chi connectivity index (χ4v) is 2.93. The Labute approximate surface area is 180 Å². The van der Waals surface area contributed by atoms with Crippen LogP contribution in [0.5, 0.6) is 0 Å². The van der Waals surface area contributed by atoms with Gasteiger partial charge in [-0.05, 0) is 43.0 Å². The SMILES string of the molecule is Cc1cnc2c(C(=O)NCC(=O)COCCCc3ccc(C(F)(F)F)cc3F)cnn2c1. The van der Waals surface area contributed by atoms with Gasteiger partial charge in [0.05, 0.1) is 18.3 Å². The van der Waals surface area contributed by atoms with Crippen molar-refractivity contribution in [2.24, 2.45) is 0 Å². The van der Waals surface area contributed by atoms with Crippen LogP contribution in [0.3, 0.4) is 0 Å². The third-order valence-electron chi connectivity index (χ3n) is 4.55. The number of fused-ring (bicyclic) bond motifs is 1. The van der Waals surface area contributed by atoms with Gasteiger partial charge in [-0.15, -0.1) is 0 Å². The summed E-state index contributed by atoms with van der Waals surface area (Å²) in [6.07, 6.45) is 0.557. The maximum atomic E-state index is 13.8. The zero-order valence-electron chi connectivity index (χ0n) is 17.1. The molecule has 0 saturated heterocycles. The number of carbonyl (C=O) groups is 2. The highest BCUT2D eigenvalue weighted by molar-refractivity contribution is 6.01. The zero-order valence-corrected chi connectivity index (χ0v) is 17.1. The van der Waals surface area contributed by atoms with Crippen LogP contribution >= 0.6 is 0 Å². The van der Waals surface area contributed by atoms with E-state index in [2.05, 4.69) is 15.4 Å². The topological polar surface area (TPSA) is 85.6 Å². The lowest BCUT2D eigenvalue weighted by molar-refractivity contribution is -0.137. The minimum atomic E-state index is -4.60.